The van der Waals surface area contributed by atoms with Crippen LogP contribution in [0.2, 0.25) is 0 Å². The summed E-state index contributed by atoms with van der Waals surface area (Å²) in [5.74, 6) is 1.73. The quantitative estimate of drug-likeness (QED) is 0.655. The summed E-state index contributed by atoms with van der Waals surface area (Å²) in [5.41, 5.74) is 0.412. The third kappa shape index (κ3) is 1.87. The molecule has 0 radical (unpaired) electrons. The summed E-state index contributed by atoms with van der Waals surface area (Å²) in [6, 6.07) is 0. The Kier molecular flexibility index (Phi) is 2.94. The number of hydrogen-bond donors (Lipinski definition) is 1. The number of aliphatic hydroxyl groups is 1. The first-order valence-electron chi connectivity index (χ1n) is 6.39. The third-order valence-corrected chi connectivity index (χ3v) is 4.72. The lowest BCUT2D eigenvalue weighted by Gasteiger charge is -2.51. The van der Waals surface area contributed by atoms with Gasteiger partial charge in [0.05, 0.1) is 6.10 Å². The average molecular weight is 208 g/mol. The van der Waals surface area contributed by atoms with Gasteiger partial charge in [-0.15, -0.1) is 0 Å². The maximum absolute atomic E-state index is 10.4. The molecule has 2 aliphatic rings. The van der Waals surface area contributed by atoms with E-state index in [9.17, 15) is 5.11 Å². The van der Waals surface area contributed by atoms with Crippen molar-refractivity contribution in [3.8, 4) is 0 Å². The van der Waals surface area contributed by atoms with Crippen molar-refractivity contribution < 1.29 is 5.11 Å². The van der Waals surface area contributed by atoms with E-state index in [0.717, 1.165) is 12.8 Å². The summed E-state index contributed by atoms with van der Waals surface area (Å²) in [6.07, 6.45) is 9.09. The molecule has 2 aliphatic carbocycles. The second-order valence-corrected chi connectivity index (χ2v) is 6.06. The van der Waals surface area contributed by atoms with Gasteiger partial charge in [-0.05, 0) is 42.4 Å². The minimum absolute atomic E-state index is 0.0574. The molecule has 1 fully saturated rings. The van der Waals surface area contributed by atoms with E-state index in [1.807, 2.05) is 0 Å². The smallest absolute Gasteiger partial charge is 0.0602 e. The summed E-state index contributed by atoms with van der Waals surface area (Å²) in [6.45, 7) is 6.99. The fourth-order valence-electron chi connectivity index (χ4n) is 3.79. The topological polar surface area (TPSA) is 20.2 Å². The van der Waals surface area contributed by atoms with Gasteiger partial charge in [0.25, 0.3) is 0 Å². The Balaban J connectivity index is 2.23. The van der Waals surface area contributed by atoms with Gasteiger partial charge in [-0.3, -0.25) is 0 Å². The van der Waals surface area contributed by atoms with Crippen molar-refractivity contribution in [2.45, 2.75) is 52.6 Å². The van der Waals surface area contributed by atoms with E-state index in [2.05, 4.69) is 32.9 Å². The van der Waals surface area contributed by atoms with Gasteiger partial charge >= 0.3 is 0 Å². The molecule has 1 N–H and O–H groups in total. The summed E-state index contributed by atoms with van der Waals surface area (Å²) in [5, 5.41) is 10.4. The Morgan fingerprint density at radius 1 is 1.27 bits per heavy atom. The number of rotatable bonds is 1. The lowest BCUT2D eigenvalue weighted by Crippen LogP contribution is -2.48. The van der Waals surface area contributed by atoms with Crippen molar-refractivity contribution in [3.05, 3.63) is 12.2 Å². The normalized spacial score (nSPS) is 43.7. The van der Waals surface area contributed by atoms with Crippen LogP contribution >= 0.6 is 0 Å². The van der Waals surface area contributed by atoms with Crippen LogP contribution in [0.4, 0.5) is 0 Å². The highest BCUT2D eigenvalue weighted by Gasteiger charge is 2.46. The zero-order valence-corrected chi connectivity index (χ0v) is 10.2. The molecule has 1 heteroatoms. The molecule has 0 aliphatic heterocycles. The van der Waals surface area contributed by atoms with Crippen molar-refractivity contribution in [3.63, 3.8) is 0 Å². The SMILES string of the molecule is CC[C@H]1CC(C)(C)[C@@H]2CC=CC[C@H]2[C@H]1O. The number of fused-ring (bicyclic) bond motifs is 1. The Labute approximate surface area is 93.6 Å². The standard InChI is InChI=1S/C14H24O/c1-4-10-9-14(2,3)12-8-6-5-7-11(12)13(10)15/h5-6,10-13,15H,4,7-9H2,1-3H3/t10-,11+,12+,13-/m0/s1. The minimum Gasteiger partial charge on any atom is -0.393 e. The van der Waals surface area contributed by atoms with Crippen molar-refractivity contribution >= 4 is 0 Å². The fraction of sp³-hybridized carbons (Fsp3) is 0.857. The zero-order chi connectivity index (χ0) is 11.1. The molecular weight excluding hydrogens is 184 g/mol. The summed E-state index contributed by atoms with van der Waals surface area (Å²) in [4.78, 5) is 0. The lowest BCUT2D eigenvalue weighted by molar-refractivity contribution is -0.0764. The summed E-state index contributed by atoms with van der Waals surface area (Å²) < 4.78 is 0. The van der Waals surface area contributed by atoms with Crippen LogP contribution in [0.3, 0.4) is 0 Å². The van der Waals surface area contributed by atoms with Gasteiger partial charge in [0.1, 0.15) is 0 Å². The van der Waals surface area contributed by atoms with Gasteiger partial charge in [0.15, 0.2) is 0 Å². The van der Waals surface area contributed by atoms with Crippen LogP contribution in [0.5, 0.6) is 0 Å². The molecule has 4 atom stereocenters. The summed E-state index contributed by atoms with van der Waals surface area (Å²) in [7, 11) is 0. The Hall–Kier alpha value is -0.300. The van der Waals surface area contributed by atoms with Gasteiger partial charge in [0.2, 0.25) is 0 Å². The highest BCUT2D eigenvalue weighted by molar-refractivity contribution is 5.05. The fourth-order valence-corrected chi connectivity index (χ4v) is 3.79. The minimum atomic E-state index is -0.0574. The Morgan fingerprint density at radius 3 is 2.60 bits per heavy atom. The summed E-state index contributed by atoms with van der Waals surface area (Å²) >= 11 is 0. The second kappa shape index (κ2) is 3.93. The Bertz CT molecular complexity index is 254. The molecular formula is C14H24O. The van der Waals surface area contributed by atoms with Gasteiger partial charge in [0, 0.05) is 0 Å². The Morgan fingerprint density at radius 2 is 1.93 bits per heavy atom. The van der Waals surface area contributed by atoms with Crippen molar-refractivity contribution in [2.75, 3.05) is 0 Å². The zero-order valence-electron chi connectivity index (χ0n) is 10.2. The van der Waals surface area contributed by atoms with Crippen LogP contribution in [-0.4, -0.2) is 11.2 Å². The van der Waals surface area contributed by atoms with Crippen LogP contribution < -0.4 is 0 Å². The van der Waals surface area contributed by atoms with Crippen LogP contribution in [0.25, 0.3) is 0 Å². The van der Waals surface area contributed by atoms with E-state index >= 15 is 0 Å². The molecule has 0 aromatic heterocycles. The molecule has 0 aromatic rings. The van der Waals surface area contributed by atoms with Crippen molar-refractivity contribution in [1.82, 2.24) is 0 Å². The number of allylic oxidation sites excluding steroid dienone is 2. The first-order valence-corrected chi connectivity index (χ1v) is 6.39. The van der Waals surface area contributed by atoms with E-state index in [1.54, 1.807) is 0 Å². The van der Waals surface area contributed by atoms with Crippen LogP contribution in [0, 0.1) is 23.2 Å². The van der Waals surface area contributed by atoms with Crippen molar-refractivity contribution in [1.29, 1.82) is 0 Å². The molecule has 0 heterocycles. The molecule has 1 nitrogen and oxygen atoms in total. The van der Waals surface area contributed by atoms with E-state index in [0.29, 0.717) is 23.2 Å². The maximum atomic E-state index is 10.4. The molecule has 1 saturated carbocycles. The van der Waals surface area contributed by atoms with Gasteiger partial charge in [-0.2, -0.15) is 0 Å². The van der Waals surface area contributed by atoms with Crippen LogP contribution in [0.1, 0.15) is 46.5 Å². The molecule has 0 spiro atoms. The van der Waals surface area contributed by atoms with Gasteiger partial charge in [-0.25, -0.2) is 0 Å². The monoisotopic (exact) mass is 208 g/mol. The predicted molar refractivity (Wildman–Crippen MR) is 63.5 cm³/mol. The predicted octanol–water partition coefficient (Wildman–Crippen LogP) is 3.39. The highest BCUT2D eigenvalue weighted by Crippen LogP contribution is 2.51. The molecule has 0 aromatic carbocycles. The van der Waals surface area contributed by atoms with Gasteiger partial charge in [-0.1, -0.05) is 39.3 Å². The first-order chi connectivity index (χ1) is 7.06. The average Bonchev–Trinajstić information content (AvgIpc) is 2.24. The molecule has 0 saturated heterocycles. The van der Waals surface area contributed by atoms with E-state index in [-0.39, 0.29) is 6.10 Å². The highest BCUT2D eigenvalue weighted by atomic mass is 16.3. The molecule has 86 valence electrons. The molecule has 2 rings (SSSR count). The van der Waals surface area contributed by atoms with Gasteiger partial charge < -0.3 is 5.11 Å². The molecule has 0 unspecified atom stereocenters. The van der Waals surface area contributed by atoms with E-state index in [4.69, 9.17) is 0 Å². The first kappa shape index (κ1) is 11.2. The van der Waals surface area contributed by atoms with Crippen LogP contribution in [-0.2, 0) is 0 Å². The number of hydrogen-bond acceptors (Lipinski definition) is 1. The van der Waals surface area contributed by atoms with E-state index < -0.39 is 0 Å². The molecule has 0 amide bonds. The van der Waals surface area contributed by atoms with Crippen molar-refractivity contribution in [2.24, 2.45) is 23.2 Å². The second-order valence-electron chi connectivity index (χ2n) is 6.06. The van der Waals surface area contributed by atoms with E-state index in [1.165, 1.54) is 12.8 Å². The van der Waals surface area contributed by atoms with Crippen LogP contribution in [0.15, 0.2) is 12.2 Å². The lowest BCUT2D eigenvalue weighted by atomic mass is 9.56. The third-order valence-electron chi connectivity index (χ3n) is 4.72. The molecule has 15 heavy (non-hydrogen) atoms. The maximum Gasteiger partial charge on any atom is 0.0602 e. The molecule has 0 bridgehead atoms. The number of aliphatic hydroxyl groups excluding tert-OH is 1. The largest absolute Gasteiger partial charge is 0.393 e.